The molecule has 3 N–H and O–H groups in total. The van der Waals surface area contributed by atoms with Gasteiger partial charge in [0.25, 0.3) is 0 Å². The molecule has 0 fully saturated rings. The summed E-state index contributed by atoms with van der Waals surface area (Å²) in [4.78, 5) is 11.4. The van der Waals surface area contributed by atoms with Crippen molar-refractivity contribution in [1.29, 1.82) is 0 Å². The fraction of sp³-hybridized carbons (Fsp3) is 0.917. The first-order valence-corrected chi connectivity index (χ1v) is 6.03. The second kappa shape index (κ2) is 7.69. The number of carbonyl (C=O) groups is 1. The summed E-state index contributed by atoms with van der Waals surface area (Å²) in [5, 5.41) is 2.94. The van der Waals surface area contributed by atoms with Gasteiger partial charge in [-0.3, -0.25) is 4.79 Å². The van der Waals surface area contributed by atoms with Crippen LogP contribution in [0.3, 0.4) is 0 Å². The van der Waals surface area contributed by atoms with E-state index in [0.717, 1.165) is 12.3 Å². The first-order chi connectivity index (χ1) is 6.97. The van der Waals surface area contributed by atoms with Crippen molar-refractivity contribution in [2.45, 2.75) is 65.5 Å². The van der Waals surface area contributed by atoms with Gasteiger partial charge in [0.1, 0.15) is 0 Å². The topological polar surface area (TPSA) is 55.1 Å². The quantitative estimate of drug-likeness (QED) is 0.681. The molecule has 0 spiro atoms. The van der Waals surface area contributed by atoms with Crippen LogP contribution in [0, 0.1) is 5.92 Å². The molecule has 0 aromatic rings. The van der Waals surface area contributed by atoms with Crippen LogP contribution in [-0.2, 0) is 4.79 Å². The highest BCUT2D eigenvalue weighted by molar-refractivity contribution is 5.81. The van der Waals surface area contributed by atoms with Crippen molar-refractivity contribution < 1.29 is 4.79 Å². The molecule has 15 heavy (non-hydrogen) atoms. The van der Waals surface area contributed by atoms with E-state index in [1.165, 1.54) is 12.8 Å². The summed E-state index contributed by atoms with van der Waals surface area (Å²) in [7, 11) is 0. The molecule has 3 heteroatoms. The Balaban J connectivity index is 3.64. The van der Waals surface area contributed by atoms with Crippen molar-refractivity contribution in [2.24, 2.45) is 11.7 Å². The van der Waals surface area contributed by atoms with E-state index in [0.29, 0.717) is 6.42 Å². The minimum Gasteiger partial charge on any atom is -0.352 e. The number of carbonyl (C=O) groups excluding carboxylic acids is 1. The van der Waals surface area contributed by atoms with Crippen LogP contribution < -0.4 is 11.1 Å². The van der Waals surface area contributed by atoms with E-state index in [1.54, 1.807) is 0 Å². The lowest BCUT2D eigenvalue weighted by atomic mass is 10.0. The number of nitrogens with one attached hydrogen (secondary N) is 1. The number of nitrogens with two attached hydrogens (primary N) is 1. The molecule has 0 radical (unpaired) electrons. The fourth-order valence-corrected chi connectivity index (χ4v) is 1.44. The molecule has 1 amide bonds. The molecular weight excluding hydrogens is 188 g/mol. The molecule has 3 nitrogen and oxygen atoms in total. The summed E-state index contributed by atoms with van der Waals surface area (Å²) < 4.78 is 0. The molecule has 0 aliphatic carbocycles. The van der Waals surface area contributed by atoms with Crippen molar-refractivity contribution in [3.8, 4) is 0 Å². The van der Waals surface area contributed by atoms with Crippen molar-refractivity contribution in [3.05, 3.63) is 0 Å². The third-order valence-corrected chi connectivity index (χ3v) is 2.58. The lowest BCUT2D eigenvalue weighted by Crippen LogP contribution is -2.44. The molecule has 0 aliphatic heterocycles. The Kier molecular flexibility index (Phi) is 7.39. The number of hydrogen-bond acceptors (Lipinski definition) is 2. The molecule has 0 aromatic carbocycles. The van der Waals surface area contributed by atoms with Crippen molar-refractivity contribution >= 4 is 5.91 Å². The summed E-state index contributed by atoms with van der Waals surface area (Å²) in [5.74, 6) is 0.723. The summed E-state index contributed by atoms with van der Waals surface area (Å²) in [6.45, 7) is 8.40. The molecule has 0 saturated carbocycles. The molecule has 0 saturated heterocycles. The van der Waals surface area contributed by atoms with E-state index < -0.39 is 0 Å². The van der Waals surface area contributed by atoms with E-state index in [-0.39, 0.29) is 18.0 Å². The van der Waals surface area contributed by atoms with Crippen LogP contribution in [-0.4, -0.2) is 18.0 Å². The third-order valence-electron chi connectivity index (χ3n) is 2.58. The Morgan fingerprint density at radius 1 is 1.27 bits per heavy atom. The van der Waals surface area contributed by atoms with Gasteiger partial charge in [0, 0.05) is 6.04 Å². The standard InChI is InChI=1S/C12H26N2O/c1-5-11(13)12(15)14-10(4)8-6-7-9(2)3/h9-11H,5-8,13H2,1-4H3,(H,14,15)/t10?,11-/m0/s1. The molecule has 90 valence electrons. The van der Waals surface area contributed by atoms with E-state index in [4.69, 9.17) is 5.73 Å². The molecule has 0 heterocycles. The average Bonchev–Trinajstić information content (AvgIpc) is 2.15. The molecule has 0 rings (SSSR count). The highest BCUT2D eigenvalue weighted by Gasteiger charge is 2.13. The summed E-state index contributed by atoms with van der Waals surface area (Å²) in [5.41, 5.74) is 5.63. The van der Waals surface area contributed by atoms with Crippen molar-refractivity contribution in [1.82, 2.24) is 5.32 Å². The van der Waals surface area contributed by atoms with Gasteiger partial charge in [0.2, 0.25) is 5.91 Å². The zero-order valence-corrected chi connectivity index (χ0v) is 10.5. The summed E-state index contributed by atoms with van der Waals surface area (Å²) in [6, 6.07) is -0.105. The molecule has 0 bridgehead atoms. The van der Waals surface area contributed by atoms with E-state index >= 15 is 0 Å². The van der Waals surface area contributed by atoms with Gasteiger partial charge in [0.05, 0.1) is 6.04 Å². The van der Waals surface area contributed by atoms with Gasteiger partial charge >= 0.3 is 0 Å². The van der Waals surface area contributed by atoms with Crippen LogP contribution in [0.1, 0.15) is 53.4 Å². The van der Waals surface area contributed by atoms with Crippen LogP contribution in [0.5, 0.6) is 0 Å². The van der Waals surface area contributed by atoms with Crippen molar-refractivity contribution in [2.75, 3.05) is 0 Å². The lowest BCUT2D eigenvalue weighted by molar-refractivity contribution is -0.123. The Bertz CT molecular complexity index is 180. The van der Waals surface area contributed by atoms with Gasteiger partial charge in [-0.2, -0.15) is 0 Å². The van der Waals surface area contributed by atoms with Gasteiger partial charge < -0.3 is 11.1 Å². The zero-order valence-electron chi connectivity index (χ0n) is 10.5. The van der Waals surface area contributed by atoms with Gasteiger partial charge in [-0.15, -0.1) is 0 Å². The van der Waals surface area contributed by atoms with Crippen LogP contribution >= 0.6 is 0 Å². The van der Waals surface area contributed by atoms with Gasteiger partial charge in [-0.05, 0) is 25.7 Å². The second-order valence-corrected chi connectivity index (χ2v) is 4.75. The largest absolute Gasteiger partial charge is 0.352 e. The monoisotopic (exact) mass is 214 g/mol. The highest BCUT2D eigenvalue weighted by Crippen LogP contribution is 2.08. The lowest BCUT2D eigenvalue weighted by Gasteiger charge is -2.17. The average molecular weight is 214 g/mol. The zero-order chi connectivity index (χ0) is 11.8. The number of amides is 1. The maximum Gasteiger partial charge on any atom is 0.237 e. The molecular formula is C12H26N2O. The predicted octanol–water partition coefficient (Wildman–Crippen LogP) is 2.05. The van der Waals surface area contributed by atoms with E-state index in [2.05, 4.69) is 19.2 Å². The van der Waals surface area contributed by atoms with Crippen molar-refractivity contribution in [3.63, 3.8) is 0 Å². The molecule has 1 unspecified atom stereocenters. The minimum absolute atomic E-state index is 0.0189. The normalized spacial score (nSPS) is 15.1. The number of hydrogen-bond donors (Lipinski definition) is 2. The SMILES string of the molecule is CC[C@H](N)C(=O)NC(C)CCCC(C)C. The predicted molar refractivity (Wildman–Crippen MR) is 64.6 cm³/mol. The maximum absolute atomic E-state index is 11.4. The maximum atomic E-state index is 11.4. The Morgan fingerprint density at radius 3 is 2.33 bits per heavy atom. The fourth-order valence-electron chi connectivity index (χ4n) is 1.44. The Morgan fingerprint density at radius 2 is 1.87 bits per heavy atom. The van der Waals surface area contributed by atoms with Crippen LogP contribution in [0.15, 0.2) is 0 Å². The molecule has 0 aliphatic rings. The highest BCUT2D eigenvalue weighted by atomic mass is 16.2. The first kappa shape index (κ1) is 14.4. The Hall–Kier alpha value is -0.570. The first-order valence-electron chi connectivity index (χ1n) is 6.03. The van der Waals surface area contributed by atoms with Crippen LogP contribution in [0.4, 0.5) is 0 Å². The summed E-state index contributed by atoms with van der Waals surface area (Å²) >= 11 is 0. The molecule has 0 aromatic heterocycles. The van der Waals surface area contributed by atoms with Crippen LogP contribution in [0.2, 0.25) is 0 Å². The van der Waals surface area contributed by atoms with E-state index in [9.17, 15) is 4.79 Å². The minimum atomic E-state index is -0.349. The van der Waals surface area contributed by atoms with Gasteiger partial charge in [-0.1, -0.05) is 33.6 Å². The van der Waals surface area contributed by atoms with Crippen LogP contribution in [0.25, 0.3) is 0 Å². The third kappa shape index (κ3) is 7.37. The smallest absolute Gasteiger partial charge is 0.237 e. The Labute approximate surface area is 93.8 Å². The van der Waals surface area contributed by atoms with Gasteiger partial charge in [0.15, 0.2) is 0 Å². The number of rotatable bonds is 7. The molecule has 2 atom stereocenters. The van der Waals surface area contributed by atoms with Gasteiger partial charge in [-0.25, -0.2) is 0 Å². The van der Waals surface area contributed by atoms with E-state index in [1.807, 2.05) is 13.8 Å². The summed E-state index contributed by atoms with van der Waals surface area (Å²) in [6.07, 6.45) is 4.13. The second-order valence-electron chi connectivity index (χ2n) is 4.75.